The zero-order valence-electron chi connectivity index (χ0n) is 6.32. The molecule has 0 radical (unpaired) electrons. The Morgan fingerprint density at radius 2 is 2.10 bits per heavy atom. The Morgan fingerprint density at radius 1 is 1.40 bits per heavy atom. The smallest absolute Gasteiger partial charge is 0.0209 e. The van der Waals surface area contributed by atoms with Gasteiger partial charge >= 0.3 is 0 Å². The fourth-order valence-electron chi connectivity index (χ4n) is 0.939. The minimum atomic E-state index is 1.10. The summed E-state index contributed by atoms with van der Waals surface area (Å²) in [7, 11) is 0. The van der Waals surface area contributed by atoms with Crippen LogP contribution in [-0.2, 0) is 6.42 Å². The van der Waals surface area contributed by atoms with Gasteiger partial charge in [-0.05, 0) is 30.5 Å². The molecule has 10 heavy (non-hydrogen) atoms. The lowest BCUT2D eigenvalue weighted by molar-refractivity contribution is 1.12. The summed E-state index contributed by atoms with van der Waals surface area (Å²) in [5.74, 6) is 0. The third-order valence-electron chi connectivity index (χ3n) is 1.59. The molecule has 1 aromatic rings. The van der Waals surface area contributed by atoms with Crippen LogP contribution in [0.1, 0.15) is 18.1 Å². The molecule has 0 spiro atoms. The van der Waals surface area contributed by atoms with Crippen molar-refractivity contribution in [2.45, 2.75) is 20.3 Å². The van der Waals surface area contributed by atoms with E-state index in [1.807, 2.05) is 0 Å². The number of aryl methyl sites for hydroxylation is 2. The minimum absolute atomic E-state index is 1.10. The fourth-order valence-corrected chi connectivity index (χ4v) is 1.71. The molecule has 0 aliphatic rings. The first-order valence-electron chi connectivity index (χ1n) is 3.49. The molecule has 1 rings (SSSR count). The predicted octanol–water partition coefficient (Wildman–Crippen LogP) is 3.32. The number of hydrogen-bond acceptors (Lipinski definition) is 0. The highest BCUT2D eigenvalue weighted by atomic mass is 79.9. The molecule has 0 heterocycles. The van der Waals surface area contributed by atoms with Gasteiger partial charge in [0.25, 0.3) is 0 Å². The summed E-state index contributed by atoms with van der Waals surface area (Å²) < 4.78 is 1.23. The molecule has 0 aromatic heterocycles. The van der Waals surface area contributed by atoms with Crippen molar-refractivity contribution in [3.8, 4) is 0 Å². The van der Waals surface area contributed by atoms with Crippen molar-refractivity contribution < 1.29 is 0 Å². The van der Waals surface area contributed by atoms with Crippen molar-refractivity contribution in [3.63, 3.8) is 0 Å². The van der Waals surface area contributed by atoms with Gasteiger partial charge in [0.1, 0.15) is 0 Å². The second kappa shape index (κ2) is 3.20. The molecule has 0 aliphatic carbocycles. The molecule has 1 aromatic carbocycles. The van der Waals surface area contributed by atoms with Gasteiger partial charge in [0, 0.05) is 4.47 Å². The van der Waals surface area contributed by atoms with Gasteiger partial charge in [0.05, 0.1) is 0 Å². The average molecular weight is 199 g/mol. The predicted molar refractivity (Wildman–Crippen MR) is 48.3 cm³/mol. The topological polar surface area (TPSA) is 0 Å². The molecular weight excluding hydrogens is 188 g/mol. The lowest BCUT2D eigenvalue weighted by Gasteiger charge is -2.00. The van der Waals surface area contributed by atoms with Crippen LogP contribution in [0.2, 0.25) is 0 Å². The molecular formula is C9H11Br. The molecule has 54 valence electrons. The molecule has 0 saturated heterocycles. The van der Waals surface area contributed by atoms with Gasteiger partial charge in [-0.25, -0.2) is 0 Å². The first-order valence-corrected chi connectivity index (χ1v) is 4.28. The quantitative estimate of drug-likeness (QED) is 0.650. The normalized spacial score (nSPS) is 9.90. The summed E-state index contributed by atoms with van der Waals surface area (Å²) in [6.07, 6.45) is 1.10. The van der Waals surface area contributed by atoms with E-state index in [2.05, 4.69) is 48.0 Å². The Labute approximate surface area is 70.4 Å². The van der Waals surface area contributed by atoms with E-state index in [4.69, 9.17) is 0 Å². The molecule has 0 atom stereocenters. The Hall–Kier alpha value is -0.300. The Morgan fingerprint density at radius 3 is 2.60 bits per heavy atom. The molecule has 0 bridgehead atoms. The number of hydrogen-bond donors (Lipinski definition) is 0. The molecule has 0 unspecified atom stereocenters. The van der Waals surface area contributed by atoms with E-state index in [0.29, 0.717) is 0 Å². The first-order chi connectivity index (χ1) is 4.74. The van der Waals surface area contributed by atoms with Gasteiger partial charge in [-0.2, -0.15) is 0 Å². The van der Waals surface area contributed by atoms with Crippen LogP contribution in [0.3, 0.4) is 0 Å². The maximum Gasteiger partial charge on any atom is 0.0209 e. The summed E-state index contributed by atoms with van der Waals surface area (Å²) >= 11 is 3.51. The summed E-state index contributed by atoms with van der Waals surface area (Å²) in [5, 5.41) is 0. The highest BCUT2D eigenvalue weighted by Gasteiger charge is 1.94. The zero-order chi connectivity index (χ0) is 7.56. The van der Waals surface area contributed by atoms with Crippen LogP contribution in [-0.4, -0.2) is 0 Å². The Kier molecular flexibility index (Phi) is 2.50. The molecule has 0 aliphatic heterocycles. The van der Waals surface area contributed by atoms with E-state index in [1.54, 1.807) is 0 Å². The summed E-state index contributed by atoms with van der Waals surface area (Å²) in [6.45, 7) is 4.26. The Bertz CT molecular complexity index is 228. The summed E-state index contributed by atoms with van der Waals surface area (Å²) in [5.41, 5.74) is 2.69. The SMILES string of the molecule is CCc1ccc(C)cc1Br. The molecule has 0 saturated carbocycles. The van der Waals surface area contributed by atoms with Crippen LogP contribution in [0, 0.1) is 6.92 Å². The van der Waals surface area contributed by atoms with Crippen molar-refractivity contribution in [3.05, 3.63) is 33.8 Å². The molecule has 0 amide bonds. The van der Waals surface area contributed by atoms with Crippen LogP contribution in [0.25, 0.3) is 0 Å². The summed E-state index contributed by atoms with van der Waals surface area (Å²) in [6, 6.07) is 6.46. The molecule has 1 heteroatoms. The highest BCUT2D eigenvalue weighted by Crippen LogP contribution is 2.18. The maximum absolute atomic E-state index is 3.51. The minimum Gasteiger partial charge on any atom is -0.0613 e. The van der Waals surface area contributed by atoms with Gasteiger partial charge in [0.2, 0.25) is 0 Å². The van der Waals surface area contributed by atoms with Crippen molar-refractivity contribution in [1.29, 1.82) is 0 Å². The average Bonchev–Trinajstić information content (AvgIpc) is 1.88. The lowest BCUT2D eigenvalue weighted by atomic mass is 10.1. The van der Waals surface area contributed by atoms with E-state index < -0.39 is 0 Å². The number of halogens is 1. The van der Waals surface area contributed by atoms with E-state index in [0.717, 1.165) is 6.42 Å². The van der Waals surface area contributed by atoms with Crippen LogP contribution in [0.5, 0.6) is 0 Å². The zero-order valence-corrected chi connectivity index (χ0v) is 7.90. The second-order valence-electron chi connectivity index (χ2n) is 2.45. The Balaban J connectivity index is 3.07. The third-order valence-corrected chi connectivity index (χ3v) is 2.33. The standard InChI is InChI=1S/C9H11Br/c1-3-8-5-4-7(2)6-9(8)10/h4-6H,3H2,1-2H3. The van der Waals surface area contributed by atoms with E-state index in [-0.39, 0.29) is 0 Å². The largest absolute Gasteiger partial charge is 0.0613 e. The van der Waals surface area contributed by atoms with Crippen molar-refractivity contribution in [2.24, 2.45) is 0 Å². The third kappa shape index (κ3) is 1.60. The van der Waals surface area contributed by atoms with Crippen LogP contribution in [0.4, 0.5) is 0 Å². The fraction of sp³-hybridized carbons (Fsp3) is 0.333. The molecule has 0 N–H and O–H groups in total. The first kappa shape index (κ1) is 7.80. The van der Waals surface area contributed by atoms with Gasteiger partial charge in [-0.15, -0.1) is 0 Å². The van der Waals surface area contributed by atoms with Gasteiger partial charge in [-0.3, -0.25) is 0 Å². The van der Waals surface area contributed by atoms with Gasteiger partial charge in [-0.1, -0.05) is 35.0 Å². The van der Waals surface area contributed by atoms with E-state index >= 15 is 0 Å². The molecule has 0 fully saturated rings. The maximum atomic E-state index is 3.51. The van der Waals surface area contributed by atoms with Crippen LogP contribution in [0.15, 0.2) is 22.7 Å². The number of rotatable bonds is 1. The van der Waals surface area contributed by atoms with Crippen molar-refractivity contribution in [1.82, 2.24) is 0 Å². The highest BCUT2D eigenvalue weighted by molar-refractivity contribution is 9.10. The van der Waals surface area contributed by atoms with Crippen molar-refractivity contribution >= 4 is 15.9 Å². The lowest BCUT2D eigenvalue weighted by Crippen LogP contribution is -1.82. The van der Waals surface area contributed by atoms with Crippen LogP contribution >= 0.6 is 15.9 Å². The van der Waals surface area contributed by atoms with Crippen molar-refractivity contribution in [2.75, 3.05) is 0 Å². The second-order valence-corrected chi connectivity index (χ2v) is 3.30. The van der Waals surface area contributed by atoms with E-state index in [1.165, 1.54) is 15.6 Å². The van der Waals surface area contributed by atoms with E-state index in [9.17, 15) is 0 Å². The summed E-state index contributed by atoms with van der Waals surface area (Å²) in [4.78, 5) is 0. The van der Waals surface area contributed by atoms with Gasteiger partial charge < -0.3 is 0 Å². The van der Waals surface area contributed by atoms with Gasteiger partial charge in [0.15, 0.2) is 0 Å². The number of benzene rings is 1. The molecule has 0 nitrogen and oxygen atoms in total. The monoisotopic (exact) mass is 198 g/mol. The van der Waals surface area contributed by atoms with Crippen LogP contribution < -0.4 is 0 Å².